The lowest BCUT2D eigenvalue weighted by atomic mass is 10.2. The number of pyridine rings is 1. The summed E-state index contributed by atoms with van der Waals surface area (Å²) in [5.74, 6) is 0. The number of nitrogen functional groups attached to an aromatic ring is 1. The first-order valence-electron chi connectivity index (χ1n) is 3.56. The summed E-state index contributed by atoms with van der Waals surface area (Å²) in [5, 5.41) is 0. The average Bonchev–Trinajstić information content (AvgIpc) is 2.08. The number of halogens is 2. The first-order chi connectivity index (χ1) is 6.07. The Labute approximate surface area is 72.6 Å². The molecule has 1 aromatic heterocycles. The quantitative estimate of drug-likeness (QED) is 0.627. The number of alkyl halides is 2. The molecule has 0 amide bonds. The Morgan fingerprint density at radius 2 is 2.15 bits per heavy atom. The molecule has 5 N–H and O–H groups in total. The number of hydrogen-bond donors (Lipinski definition) is 3. The lowest BCUT2D eigenvalue weighted by Crippen LogP contribution is -2.19. The predicted octanol–water partition coefficient (Wildman–Crippen LogP) is 0.353. The Kier molecular flexibility index (Phi) is 2.62. The second-order valence-electron chi connectivity index (χ2n) is 2.47. The molecular weight excluding hydrogens is 180 g/mol. The van der Waals surface area contributed by atoms with Gasteiger partial charge in [-0.25, -0.2) is 8.78 Å². The van der Waals surface area contributed by atoms with E-state index in [1.807, 2.05) is 0 Å². The molecule has 0 aliphatic carbocycles. The van der Waals surface area contributed by atoms with Crippen molar-refractivity contribution in [3.05, 3.63) is 27.7 Å². The Morgan fingerprint density at radius 3 is 2.62 bits per heavy atom. The molecule has 0 aliphatic rings. The Morgan fingerprint density at radius 1 is 1.54 bits per heavy atom. The number of nitrogens with one attached hydrogen (secondary N) is 1. The van der Waals surface area contributed by atoms with Gasteiger partial charge in [0.25, 0.3) is 6.43 Å². The van der Waals surface area contributed by atoms with Gasteiger partial charge in [-0.1, -0.05) is 0 Å². The van der Waals surface area contributed by atoms with E-state index in [4.69, 9.17) is 11.5 Å². The molecule has 1 aromatic rings. The van der Waals surface area contributed by atoms with Crippen molar-refractivity contribution in [3.8, 4) is 0 Å². The normalized spacial score (nSPS) is 10.8. The van der Waals surface area contributed by atoms with Crippen molar-refractivity contribution in [1.29, 1.82) is 0 Å². The van der Waals surface area contributed by atoms with Crippen LogP contribution < -0.4 is 16.9 Å². The minimum atomic E-state index is -2.86. The van der Waals surface area contributed by atoms with Gasteiger partial charge in [0.1, 0.15) is 0 Å². The van der Waals surface area contributed by atoms with Gasteiger partial charge in [-0.2, -0.15) is 0 Å². The van der Waals surface area contributed by atoms with Crippen LogP contribution in [0.4, 0.5) is 14.5 Å². The summed E-state index contributed by atoms with van der Waals surface area (Å²) in [6.45, 7) is -0.144. The third kappa shape index (κ3) is 1.67. The van der Waals surface area contributed by atoms with E-state index in [0.29, 0.717) is 0 Å². The Balaban J connectivity index is 3.42. The van der Waals surface area contributed by atoms with Gasteiger partial charge in [0, 0.05) is 18.4 Å². The number of aromatic nitrogens is 1. The summed E-state index contributed by atoms with van der Waals surface area (Å²) >= 11 is 0. The van der Waals surface area contributed by atoms with Crippen molar-refractivity contribution in [2.45, 2.75) is 13.0 Å². The number of aromatic amines is 1. The van der Waals surface area contributed by atoms with E-state index in [2.05, 4.69) is 4.98 Å². The standard InChI is InChI=1S/C7H9F2N3O/c8-7(9)5-4(1-10)12-2-3(11)6(5)13/h2,7H,1,10-11H2,(H,12,13). The molecule has 0 atom stereocenters. The van der Waals surface area contributed by atoms with Crippen molar-refractivity contribution < 1.29 is 8.78 Å². The molecule has 0 unspecified atom stereocenters. The van der Waals surface area contributed by atoms with Crippen molar-refractivity contribution in [2.75, 3.05) is 5.73 Å². The topological polar surface area (TPSA) is 84.9 Å². The number of rotatable bonds is 2. The van der Waals surface area contributed by atoms with Crippen LogP contribution >= 0.6 is 0 Å². The van der Waals surface area contributed by atoms with Crippen LogP contribution in [0.2, 0.25) is 0 Å². The monoisotopic (exact) mass is 189 g/mol. The van der Waals surface area contributed by atoms with E-state index >= 15 is 0 Å². The van der Waals surface area contributed by atoms with Crippen LogP contribution in [0.1, 0.15) is 17.7 Å². The highest BCUT2D eigenvalue weighted by molar-refractivity contribution is 5.40. The minimum absolute atomic E-state index is 0.0224. The molecule has 1 rings (SSSR count). The van der Waals surface area contributed by atoms with Crippen LogP contribution in [0.3, 0.4) is 0 Å². The molecule has 1 heterocycles. The molecule has 0 saturated carbocycles. The molecule has 0 radical (unpaired) electrons. The van der Waals surface area contributed by atoms with Crippen molar-refractivity contribution in [2.24, 2.45) is 5.73 Å². The van der Waals surface area contributed by atoms with Gasteiger partial charge in [-0.05, 0) is 0 Å². The molecule has 4 nitrogen and oxygen atoms in total. The first-order valence-corrected chi connectivity index (χ1v) is 3.56. The van der Waals surface area contributed by atoms with E-state index in [1.165, 1.54) is 0 Å². The highest BCUT2D eigenvalue weighted by atomic mass is 19.3. The van der Waals surface area contributed by atoms with Crippen molar-refractivity contribution in [1.82, 2.24) is 4.98 Å². The molecule has 13 heavy (non-hydrogen) atoms. The van der Waals surface area contributed by atoms with E-state index in [1.54, 1.807) is 0 Å². The van der Waals surface area contributed by atoms with Gasteiger partial charge in [0.2, 0.25) is 5.43 Å². The summed E-state index contributed by atoms with van der Waals surface area (Å²) in [4.78, 5) is 13.6. The maximum atomic E-state index is 12.3. The molecule has 0 saturated heterocycles. The fraction of sp³-hybridized carbons (Fsp3) is 0.286. The summed E-state index contributed by atoms with van der Waals surface area (Å²) in [6.07, 6.45) is -1.69. The zero-order valence-corrected chi connectivity index (χ0v) is 6.68. The van der Waals surface area contributed by atoms with Gasteiger partial charge >= 0.3 is 0 Å². The number of anilines is 1. The number of hydrogen-bond acceptors (Lipinski definition) is 3. The minimum Gasteiger partial charge on any atom is -0.394 e. The van der Waals surface area contributed by atoms with Crippen molar-refractivity contribution >= 4 is 5.69 Å². The number of H-pyrrole nitrogens is 1. The van der Waals surface area contributed by atoms with Crippen LogP contribution in [0.15, 0.2) is 11.0 Å². The van der Waals surface area contributed by atoms with E-state index in [-0.39, 0.29) is 17.9 Å². The van der Waals surface area contributed by atoms with Gasteiger partial charge in [-0.15, -0.1) is 0 Å². The highest BCUT2D eigenvalue weighted by Gasteiger charge is 2.18. The molecule has 0 aliphatic heterocycles. The Bertz CT molecular complexity index is 361. The van der Waals surface area contributed by atoms with Gasteiger partial charge < -0.3 is 16.5 Å². The maximum absolute atomic E-state index is 12.3. The molecular formula is C7H9F2N3O. The maximum Gasteiger partial charge on any atom is 0.269 e. The smallest absolute Gasteiger partial charge is 0.269 e. The van der Waals surface area contributed by atoms with Crippen LogP contribution in [0.5, 0.6) is 0 Å². The lowest BCUT2D eigenvalue weighted by molar-refractivity contribution is 0.148. The third-order valence-corrected chi connectivity index (χ3v) is 1.66. The zero-order valence-electron chi connectivity index (χ0n) is 6.68. The van der Waals surface area contributed by atoms with Crippen LogP contribution in [0, 0.1) is 0 Å². The van der Waals surface area contributed by atoms with E-state index in [9.17, 15) is 13.6 Å². The second-order valence-corrected chi connectivity index (χ2v) is 2.47. The number of nitrogens with two attached hydrogens (primary N) is 2. The predicted molar refractivity (Wildman–Crippen MR) is 44.3 cm³/mol. The molecule has 0 spiro atoms. The van der Waals surface area contributed by atoms with Gasteiger partial charge in [-0.3, -0.25) is 4.79 Å². The largest absolute Gasteiger partial charge is 0.394 e. The molecule has 0 aromatic carbocycles. The first kappa shape index (κ1) is 9.66. The van der Waals surface area contributed by atoms with Crippen LogP contribution in [-0.2, 0) is 6.54 Å². The molecule has 0 bridgehead atoms. The molecule has 6 heteroatoms. The third-order valence-electron chi connectivity index (χ3n) is 1.66. The summed E-state index contributed by atoms with van der Waals surface area (Å²) in [7, 11) is 0. The molecule has 0 fully saturated rings. The lowest BCUT2D eigenvalue weighted by Gasteiger charge is -2.06. The fourth-order valence-electron chi connectivity index (χ4n) is 1.00. The van der Waals surface area contributed by atoms with Crippen LogP contribution in [0.25, 0.3) is 0 Å². The molecule has 72 valence electrons. The van der Waals surface area contributed by atoms with E-state index in [0.717, 1.165) is 6.20 Å². The average molecular weight is 189 g/mol. The zero-order chi connectivity index (χ0) is 10.0. The van der Waals surface area contributed by atoms with Gasteiger partial charge in [0.05, 0.1) is 11.3 Å². The summed E-state index contributed by atoms with van der Waals surface area (Å²) < 4.78 is 24.6. The van der Waals surface area contributed by atoms with Crippen LogP contribution in [-0.4, -0.2) is 4.98 Å². The van der Waals surface area contributed by atoms with Crippen molar-refractivity contribution in [3.63, 3.8) is 0 Å². The highest BCUT2D eigenvalue weighted by Crippen LogP contribution is 2.18. The summed E-state index contributed by atoms with van der Waals surface area (Å²) in [6, 6.07) is 0. The second kappa shape index (κ2) is 3.53. The van der Waals surface area contributed by atoms with E-state index < -0.39 is 17.4 Å². The Hall–Kier alpha value is -1.43. The van der Waals surface area contributed by atoms with Gasteiger partial charge in [0.15, 0.2) is 0 Å². The summed E-state index contributed by atoms with van der Waals surface area (Å²) in [5.41, 5.74) is 8.63. The fourth-order valence-corrected chi connectivity index (χ4v) is 1.00. The SMILES string of the molecule is NCc1[nH]cc(N)c(=O)c1C(F)F.